The van der Waals surface area contributed by atoms with E-state index in [9.17, 15) is 5.11 Å². The Morgan fingerprint density at radius 2 is 2.37 bits per heavy atom. The average Bonchev–Trinajstić information content (AvgIpc) is 3.06. The van der Waals surface area contributed by atoms with Crippen LogP contribution in [0.1, 0.15) is 43.5 Å². The molecule has 1 aliphatic rings. The Kier molecular flexibility index (Phi) is 6.31. The summed E-state index contributed by atoms with van der Waals surface area (Å²) in [5.41, 5.74) is 0. The van der Waals surface area contributed by atoms with Gasteiger partial charge in [-0.1, -0.05) is 19.4 Å². The molecule has 19 heavy (non-hydrogen) atoms. The highest BCUT2D eigenvalue weighted by Crippen LogP contribution is 2.28. The quantitative estimate of drug-likeness (QED) is 0.693. The van der Waals surface area contributed by atoms with Crippen molar-refractivity contribution in [1.82, 2.24) is 5.32 Å². The lowest BCUT2D eigenvalue weighted by Gasteiger charge is -2.19. The highest BCUT2D eigenvalue weighted by Gasteiger charge is 2.21. The summed E-state index contributed by atoms with van der Waals surface area (Å²) in [4.78, 5) is 1.35. The van der Waals surface area contributed by atoms with E-state index < -0.39 is 6.10 Å². The molecule has 2 atom stereocenters. The molecule has 2 unspecified atom stereocenters. The first-order valence-corrected chi connectivity index (χ1v) is 8.20. The normalized spacial score (nSPS) is 18.4. The molecule has 0 spiro atoms. The molecule has 1 aliphatic carbocycles. The summed E-state index contributed by atoms with van der Waals surface area (Å²) in [7, 11) is 0. The Hall–Kier alpha value is -0.420. The lowest BCUT2D eigenvalue weighted by Crippen LogP contribution is -2.33. The molecule has 4 heteroatoms. The molecular weight excluding hydrogens is 258 g/mol. The molecule has 108 valence electrons. The minimum absolute atomic E-state index is 0.364. The molecule has 2 rings (SSSR count). The van der Waals surface area contributed by atoms with Gasteiger partial charge in [-0.2, -0.15) is 0 Å². The van der Waals surface area contributed by atoms with E-state index in [2.05, 4.69) is 29.8 Å². The van der Waals surface area contributed by atoms with Crippen LogP contribution in [0.3, 0.4) is 0 Å². The predicted molar refractivity (Wildman–Crippen MR) is 79.5 cm³/mol. The fraction of sp³-hybridized carbons (Fsp3) is 0.733. The number of ether oxygens (including phenoxy) is 1. The van der Waals surface area contributed by atoms with Crippen molar-refractivity contribution in [1.29, 1.82) is 0 Å². The topological polar surface area (TPSA) is 41.5 Å². The zero-order chi connectivity index (χ0) is 13.5. The fourth-order valence-corrected chi connectivity index (χ4v) is 2.95. The Bertz CT molecular complexity index is 338. The summed E-state index contributed by atoms with van der Waals surface area (Å²) in [6.07, 6.45) is 4.44. The molecule has 1 fully saturated rings. The number of aliphatic hydroxyl groups excluding tert-OH is 1. The monoisotopic (exact) mass is 283 g/mol. The predicted octanol–water partition coefficient (Wildman–Crippen LogP) is 2.97. The van der Waals surface area contributed by atoms with Crippen LogP contribution in [0, 0.1) is 5.92 Å². The molecule has 0 radical (unpaired) electrons. The van der Waals surface area contributed by atoms with Gasteiger partial charge >= 0.3 is 0 Å². The average molecular weight is 283 g/mol. The number of thiophene rings is 1. The van der Waals surface area contributed by atoms with Crippen LogP contribution < -0.4 is 5.32 Å². The van der Waals surface area contributed by atoms with E-state index in [1.807, 2.05) is 0 Å². The third kappa shape index (κ3) is 5.61. The molecule has 0 bridgehead atoms. The van der Waals surface area contributed by atoms with Crippen molar-refractivity contribution in [3.63, 3.8) is 0 Å². The molecule has 0 amide bonds. The van der Waals surface area contributed by atoms with Gasteiger partial charge < -0.3 is 15.2 Å². The van der Waals surface area contributed by atoms with Gasteiger partial charge in [-0.3, -0.25) is 0 Å². The molecule has 1 aromatic rings. The van der Waals surface area contributed by atoms with Gasteiger partial charge in [0.2, 0.25) is 0 Å². The van der Waals surface area contributed by atoms with Crippen molar-refractivity contribution in [2.75, 3.05) is 19.8 Å². The second-order valence-electron chi connectivity index (χ2n) is 5.40. The van der Waals surface area contributed by atoms with Crippen LogP contribution in [0.25, 0.3) is 0 Å². The number of aliphatic hydroxyl groups is 1. The Morgan fingerprint density at radius 1 is 1.53 bits per heavy atom. The van der Waals surface area contributed by atoms with Gasteiger partial charge in [0.15, 0.2) is 0 Å². The second kappa shape index (κ2) is 8.00. The maximum atomic E-state index is 9.91. The first kappa shape index (κ1) is 15.0. The third-order valence-electron chi connectivity index (χ3n) is 3.42. The maximum absolute atomic E-state index is 9.91. The molecule has 1 aromatic heterocycles. The van der Waals surface area contributed by atoms with Crippen LogP contribution in [-0.2, 0) is 4.74 Å². The molecule has 0 saturated heterocycles. The summed E-state index contributed by atoms with van der Waals surface area (Å²) in [6.45, 7) is 4.07. The molecule has 0 aromatic carbocycles. The zero-order valence-electron chi connectivity index (χ0n) is 11.7. The van der Waals surface area contributed by atoms with Crippen molar-refractivity contribution in [2.24, 2.45) is 5.92 Å². The van der Waals surface area contributed by atoms with Gasteiger partial charge in [-0.15, -0.1) is 11.3 Å². The molecule has 2 N–H and O–H groups in total. The summed E-state index contributed by atoms with van der Waals surface area (Å²) >= 11 is 1.78. The van der Waals surface area contributed by atoms with Crippen molar-refractivity contribution < 1.29 is 9.84 Å². The summed E-state index contributed by atoms with van der Waals surface area (Å²) in [6, 6.07) is 4.61. The number of nitrogens with one attached hydrogen (secondary N) is 1. The maximum Gasteiger partial charge on any atom is 0.0897 e. The molecular formula is C15H25NO2S. The van der Waals surface area contributed by atoms with E-state index in [1.54, 1.807) is 11.3 Å². The summed E-state index contributed by atoms with van der Waals surface area (Å²) in [5.74, 6) is 0.763. The smallest absolute Gasteiger partial charge is 0.0897 e. The van der Waals surface area contributed by atoms with E-state index in [0.717, 1.165) is 25.4 Å². The number of hydrogen-bond acceptors (Lipinski definition) is 4. The standard InChI is InChI=1S/C15H25NO2S/c1-2-4-14(15-5-3-8-19-15)16-9-13(17)11-18-10-12-6-7-12/h3,5,8,12-14,16-17H,2,4,6-7,9-11H2,1H3. The van der Waals surface area contributed by atoms with E-state index in [1.165, 1.54) is 17.7 Å². The largest absolute Gasteiger partial charge is 0.389 e. The van der Waals surface area contributed by atoms with Crippen LogP contribution in [0.4, 0.5) is 0 Å². The lowest BCUT2D eigenvalue weighted by atomic mass is 10.1. The first-order valence-electron chi connectivity index (χ1n) is 7.32. The fourth-order valence-electron chi connectivity index (χ4n) is 2.12. The molecule has 1 saturated carbocycles. The Morgan fingerprint density at radius 3 is 3.00 bits per heavy atom. The van der Waals surface area contributed by atoms with E-state index in [4.69, 9.17) is 4.74 Å². The number of hydrogen-bond donors (Lipinski definition) is 2. The minimum atomic E-state index is -0.405. The zero-order valence-corrected chi connectivity index (χ0v) is 12.5. The van der Waals surface area contributed by atoms with Crippen LogP contribution in [0.15, 0.2) is 17.5 Å². The van der Waals surface area contributed by atoms with E-state index >= 15 is 0 Å². The van der Waals surface area contributed by atoms with Gasteiger partial charge in [-0.05, 0) is 36.6 Å². The Balaban J connectivity index is 1.65. The summed E-state index contributed by atoms with van der Waals surface area (Å²) in [5, 5.41) is 15.5. The van der Waals surface area contributed by atoms with Gasteiger partial charge in [0, 0.05) is 24.1 Å². The highest BCUT2D eigenvalue weighted by molar-refractivity contribution is 7.10. The number of rotatable bonds is 10. The molecule has 1 heterocycles. The summed E-state index contributed by atoms with van der Waals surface area (Å²) < 4.78 is 5.51. The van der Waals surface area contributed by atoms with E-state index in [-0.39, 0.29) is 0 Å². The molecule has 0 aliphatic heterocycles. The van der Waals surface area contributed by atoms with E-state index in [0.29, 0.717) is 19.2 Å². The SMILES string of the molecule is CCCC(NCC(O)COCC1CC1)c1cccs1. The van der Waals surface area contributed by atoms with Gasteiger partial charge in [0.25, 0.3) is 0 Å². The Labute approximate surface area is 120 Å². The van der Waals surface area contributed by atoms with Crippen molar-refractivity contribution in [2.45, 2.75) is 44.8 Å². The first-order chi connectivity index (χ1) is 9.29. The van der Waals surface area contributed by atoms with Crippen molar-refractivity contribution in [3.05, 3.63) is 22.4 Å². The van der Waals surface area contributed by atoms with Crippen molar-refractivity contribution >= 4 is 11.3 Å². The third-order valence-corrected chi connectivity index (χ3v) is 4.41. The second-order valence-corrected chi connectivity index (χ2v) is 6.38. The van der Waals surface area contributed by atoms with Crippen LogP contribution in [0.5, 0.6) is 0 Å². The van der Waals surface area contributed by atoms with Crippen LogP contribution in [0.2, 0.25) is 0 Å². The highest BCUT2D eigenvalue weighted by atomic mass is 32.1. The minimum Gasteiger partial charge on any atom is -0.389 e. The van der Waals surface area contributed by atoms with Gasteiger partial charge in [0.1, 0.15) is 0 Å². The lowest BCUT2D eigenvalue weighted by molar-refractivity contribution is 0.0311. The van der Waals surface area contributed by atoms with Crippen LogP contribution in [-0.4, -0.2) is 31.0 Å². The van der Waals surface area contributed by atoms with Crippen molar-refractivity contribution in [3.8, 4) is 0 Å². The van der Waals surface area contributed by atoms with Gasteiger partial charge in [-0.25, -0.2) is 0 Å². The van der Waals surface area contributed by atoms with Gasteiger partial charge in [0.05, 0.1) is 12.7 Å². The van der Waals surface area contributed by atoms with Crippen LogP contribution >= 0.6 is 11.3 Å². The molecule has 3 nitrogen and oxygen atoms in total.